The monoisotopic (exact) mass is 279 g/mol. The minimum absolute atomic E-state index is 0.159. The molecule has 0 spiro atoms. The number of hydrogen-bond donors (Lipinski definition) is 1. The molecule has 3 heteroatoms. The van der Waals surface area contributed by atoms with Crippen LogP contribution < -0.4 is 5.32 Å². The molecule has 2 nitrogen and oxygen atoms in total. The van der Waals surface area contributed by atoms with Crippen molar-refractivity contribution >= 4 is 17.5 Å². The van der Waals surface area contributed by atoms with Crippen LogP contribution in [0.4, 0.5) is 0 Å². The first kappa shape index (κ1) is 14.4. The minimum Gasteiger partial charge on any atom is -0.353 e. The van der Waals surface area contributed by atoms with Crippen molar-refractivity contribution in [1.82, 2.24) is 5.32 Å². The van der Waals surface area contributed by atoms with Crippen molar-refractivity contribution in [2.45, 2.75) is 57.4 Å². The van der Waals surface area contributed by atoms with Gasteiger partial charge >= 0.3 is 0 Å². The van der Waals surface area contributed by atoms with Crippen molar-refractivity contribution in [3.63, 3.8) is 0 Å². The summed E-state index contributed by atoms with van der Waals surface area (Å²) in [6.45, 7) is 0. The predicted molar refractivity (Wildman–Crippen MR) is 79.4 cm³/mol. The largest absolute Gasteiger partial charge is 0.353 e. The van der Waals surface area contributed by atoms with Crippen molar-refractivity contribution < 1.29 is 4.79 Å². The maximum absolute atomic E-state index is 12.0. The van der Waals surface area contributed by atoms with Gasteiger partial charge in [0, 0.05) is 17.5 Å². The molecule has 0 atom stereocenters. The van der Waals surface area contributed by atoms with E-state index in [9.17, 15) is 4.79 Å². The van der Waals surface area contributed by atoms with E-state index in [2.05, 4.69) is 5.32 Å². The van der Waals surface area contributed by atoms with Gasteiger partial charge in [-0.2, -0.15) is 0 Å². The molecule has 1 aliphatic rings. The van der Waals surface area contributed by atoms with E-state index in [0.29, 0.717) is 12.5 Å². The lowest BCUT2D eigenvalue weighted by Gasteiger charge is -2.16. The summed E-state index contributed by atoms with van der Waals surface area (Å²) in [7, 11) is 0. The third-order valence-corrected chi connectivity index (χ3v) is 4.17. The lowest BCUT2D eigenvalue weighted by molar-refractivity contribution is -0.121. The average Bonchev–Trinajstić information content (AvgIpc) is 2.66. The zero-order valence-electron chi connectivity index (χ0n) is 11.3. The summed E-state index contributed by atoms with van der Waals surface area (Å²) in [5.41, 5.74) is 1.06. The number of hydrogen-bond acceptors (Lipinski definition) is 1. The van der Waals surface area contributed by atoms with Gasteiger partial charge in [0.2, 0.25) is 5.91 Å². The van der Waals surface area contributed by atoms with Crippen LogP contribution in [0.5, 0.6) is 0 Å². The molecule has 1 saturated carbocycles. The Bertz CT molecular complexity index is 411. The van der Waals surface area contributed by atoms with E-state index in [1.165, 1.54) is 25.7 Å². The molecule has 104 valence electrons. The maximum Gasteiger partial charge on any atom is 0.220 e. The molecule has 1 fully saturated rings. The van der Waals surface area contributed by atoms with Crippen LogP contribution in [0, 0.1) is 0 Å². The van der Waals surface area contributed by atoms with E-state index < -0.39 is 0 Å². The number of benzene rings is 1. The van der Waals surface area contributed by atoms with Gasteiger partial charge in [-0.3, -0.25) is 4.79 Å². The fraction of sp³-hybridized carbons (Fsp3) is 0.562. The Morgan fingerprint density at radius 1 is 1.16 bits per heavy atom. The SMILES string of the molecule is O=C(CCc1ccccc1Cl)NC1CCCCCC1. The highest BCUT2D eigenvalue weighted by molar-refractivity contribution is 6.31. The zero-order valence-corrected chi connectivity index (χ0v) is 12.1. The van der Waals surface area contributed by atoms with Gasteiger partial charge in [0.1, 0.15) is 0 Å². The Kier molecular flexibility index (Phi) is 5.71. The number of carbonyl (C=O) groups is 1. The lowest BCUT2D eigenvalue weighted by Crippen LogP contribution is -2.34. The summed E-state index contributed by atoms with van der Waals surface area (Å²) in [4.78, 5) is 12.0. The summed E-state index contributed by atoms with van der Waals surface area (Å²) in [6, 6.07) is 8.13. The standard InChI is InChI=1S/C16H22ClNO/c17-15-10-6-5-7-13(15)11-12-16(19)18-14-8-3-1-2-4-9-14/h5-7,10,14H,1-4,8-9,11-12H2,(H,18,19). The predicted octanol–water partition coefficient (Wildman–Crippen LogP) is 4.11. The first-order valence-electron chi connectivity index (χ1n) is 7.28. The van der Waals surface area contributed by atoms with Crippen molar-refractivity contribution in [2.75, 3.05) is 0 Å². The first-order chi connectivity index (χ1) is 9.25. The van der Waals surface area contributed by atoms with Crippen LogP contribution in [0.15, 0.2) is 24.3 Å². The fourth-order valence-corrected chi connectivity index (χ4v) is 2.90. The minimum atomic E-state index is 0.159. The Balaban J connectivity index is 1.76. The van der Waals surface area contributed by atoms with Crippen LogP contribution in [0.25, 0.3) is 0 Å². The molecule has 1 aromatic carbocycles. The van der Waals surface area contributed by atoms with E-state index in [1.54, 1.807) is 0 Å². The van der Waals surface area contributed by atoms with E-state index >= 15 is 0 Å². The second kappa shape index (κ2) is 7.54. The number of carbonyl (C=O) groups excluding carboxylic acids is 1. The molecule has 0 aliphatic heterocycles. The summed E-state index contributed by atoms with van der Waals surface area (Å²) in [6.07, 6.45) is 8.64. The molecular weight excluding hydrogens is 258 g/mol. The van der Waals surface area contributed by atoms with Crippen molar-refractivity contribution in [2.24, 2.45) is 0 Å². The van der Waals surface area contributed by atoms with Gasteiger partial charge in [-0.15, -0.1) is 0 Å². The summed E-state index contributed by atoms with van der Waals surface area (Å²) in [5.74, 6) is 0.159. The van der Waals surface area contributed by atoms with Gasteiger partial charge in [0.25, 0.3) is 0 Å². The van der Waals surface area contributed by atoms with E-state index in [0.717, 1.165) is 29.8 Å². The molecule has 0 radical (unpaired) electrons. The Hall–Kier alpha value is -1.02. The number of nitrogens with one attached hydrogen (secondary N) is 1. The summed E-state index contributed by atoms with van der Waals surface area (Å²) < 4.78 is 0. The number of aryl methyl sites for hydroxylation is 1. The molecule has 0 unspecified atom stereocenters. The molecule has 19 heavy (non-hydrogen) atoms. The highest BCUT2D eigenvalue weighted by atomic mass is 35.5. The molecule has 1 aliphatic carbocycles. The molecule has 0 bridgehead atoms. The number of amides is 1. The normalized spacial score (nSPS) is 16.9. The van der Waals surface area contributed by atoms with Gasteiger partial charge < -0.3 is 5.32 Å². The van der Waals surface area contributed by atoms with Gasteiger partial charge in [-0.05, 0) is 30.9 Å². The molecular formula is C16H22ClNO. The number of halogens is 1. The van der Waals surface area contributed by atoms with Crippen LogP contribution in [0.3, 0.4) is 0 Å². The first-order valence-corrected chi connectivity index (χ1v) is 7.66. The smallest absolute Gasteiger partial charge is 0.220 e. The van der Waals surface area contributed by atoms with Gasteiger partial charge in [0.15, 0.2) is 0 Å². The van der Waals surface area contributed by atoms with Gasteiger partial charge in [-0.25, -0.2) is 0 Å². The molecule has 1 N–H and O–H groups in total. The third-order valence-electron chi connectivity index (χ3n) is 3.80. The van der Waals surface area contributed by atoms with Crippen molar-refractivity contribution in [3.05, 3.63) is 34.9 Å². The molecule has 0 saturated heterocycles. The van der Waals surface area contributed by atoms with Crippen LogP contribution in [-0.2, 0) is 11.2 Å². The molecule has 0 aromatic heterocycles. The van der Waals surface area contributed by atoms with Crippen LogP contribution in [0.2, 0.25) is 5.02 Å². The van der Waals surface area contributed by atoms with Crippen LogP contribution in [-0.4, -0.2) is 11.9 Å². The van der Waals surface area contributed by atoms with Crippen molar-refractivity contribution in [3.8, 4) is 0 Å². The van der Waals surface area contributed by atoms with E-state index in [1.807, 2.05) is 24.3 Å². The zero-order chi connectivity index (χ0) is 13.5. The van der Waals surface area contributed by atoms with Gasteiger partial charge in [-0.1, -0.05) is 55.5 Å². The van der Waals surface area contributed by atoms with Crippen LogP contribution >= 0.6 is 11.6 Å². The Morgan fingerprint density at radius 3 is 2.53 bits per heavy atom. The fourth-order valence-electron chi connectivity index (χ4n) is 2.67. The van der Waals surface area contributed by atoms with Crippen molar-refractivity contribution in [1.29, 1.82) is 0 Å². The highest BCUT2D eigenvalue weighted by Gasteiger charge is 2.14. The molecule has 1 aromatic rings. The van der Waals surface area contributed by atoms with E-state index in [4.69, 9.17) is 11.6 Å². The molecule has 0 heterocycles. The van der Waals surface area contributed by atoms with Crippen LogP contribution in [0.1, 0.15) is 50.5 Å². The topological polar surface area (TPSA) is 29.1 Å². The second-order valence-corrected chi connectivity index (χ2v) is 5.75. The lowest BCUT2D eigenvalue weighted by atomic mass is 10.1. The van der Waals surface area contributed by atoms with Gasteiger partial charge in [0.05, 0.1) is 0 Å². The Morgan fingerprint density at radius 2 is 1.84 bits per heavy atom. The molecule has 1 amide bonds. The maximum atomic E-state index is 12.0. The summed E-state index contributed by atoms with van der Waals surface area (Å²) >= 11 is 6.09. The summed E-state index contributed by atoms with van der Waals surface area (Å²) in [5, 5.41) is 3.92. The Labute approximate surface area is 120 Å². The third kappa shape index (κ3) is 4.87. The number of rotatable bonds is 4. The van der Waals surface area contributed by atoms with E-state index in [-0.39, 0.29) is 5.91 Å². The second-order valence-electron chi connectivity index (χ2n) is 5.35. The highest BCUT2D eigenvalue weighted by Crippen LogP contribution is 2.18. The quantitative estimate of drug-likeness (QED) is 0.826. The average molecular weight is 280 g/mol. The molecule has 2 rings (SSSR count).